The van der Waals surface area contributed by atoms with Crippen LogP contribution in [0.25, 0.3) is 0 Å². The van der Waals surface area contributed by atoms with Gasteiger partial charge in [-0.3, -0.25) is 4.79 Å². The van der Waals surface area contributed by atoms with Crippen LogP contribution in [-0.2, 0) is 11.2 Å². The average Bonchev–Trinajstić information content (AvgIpc) is 2.45. The molecule has 1 N–H and O–H groups in total. The van der Waals surface area contributed by atoms with E-state index in [1.54, 1.807) is 0 Å². The lowest BCUT2D eigenvalue weighted by atomic mass is 10.1. The smallest absolute Gasteiger partial charge is 0.234 e. The first-order valence-corrected chi connectivity index (χ1v) is 8.25. The van der Waals surface area contributed by atoms with Crippen LogP contribution >= 0.6 is 27.5 Å². The predicted molar refractivity (Wildman–Crippen MR) is 88.7 cm³/mol. The number of hydrogen-bond acceptors (Lipinski definition) is 2. The summed E-state index contributed by atoms with van der Waals surface area (Å²) in [5.41, 5.74) is 0.981. The number of likely N-dealkylation sites (N-methyl/N-ethyl adjacent to an activating group) is 1. The van der Waals surface area contributed by atoms with E-state index in [0.717, 1.165) is 25.2 Å². The molecule has 0 saturated heterocycles. The Labute approximate surface area is 134 Å². The lowest BCUT2D eigenvalue weighted by Crippen LogP contribution is -2.38. The molecule has 0 aromatic heterocycles. The summed E-state index contributed by atoms with van der Waals surface area (Å²) < 4.78 is 0. The molecular formula is C15H22BrClN2O. The molecule has 5 heteroatoms. The summed E-state index contributed by atoms with van der Waals surface area (Å²) in [7, 11) is 0. The zero-order valence-electron chi connectivity index (χ0n) is 12.0. The Morgan fingerprint density at radius 3 is 2.60 bits per heavy atom. The van der Waals surface area contributed by atoms with Crippen LogP contribution in [0.15, 0.2) is 24.3 Å². The van der Waals surface area contributed by atoms with Gasteiger partial charge in [-0.15, -0.1) is 0 Å². The fraction of sp³-hybridized carbons (Fsp3) is 0.533. The number of amides is 1. The first kappa shape index (κ1) is 17.5. The van der Waals surface area contributed by atoms with Crippen molar-refractivity contribution in [3.05, 3.63) is 34.9 Å². The molecule has 20 heavy (non-hydrogen) atoms. The van der Waals surface area contributed by atoms with Gasteiger partial charge in [-0.1, -0.05) is 59.6 Å². The molecule has 0 radical (unpaired) electrons. The minimum Gasteiger partial charge on any atom is -0.354 e. The van der Waals surface area contributed by atoms with Crippen molar-refractivity contribution in [3.8, 4) is 0 Å². The van der Waals surface area contributed by atoms with Gasteiger partial charge in [-0.05, 0) is 31.1 Å². The lowest BCUT2D eigenvalue weighted by molar-refractivity contribution is -0.120. The molecule has 0 aliphatic heterocycles. The Balaban J connectivity index is 2.38. The summed E-state index contributed by atoms with van der Waals surface area (Å²) in [5.74, 6) is 0.0112. The molecule has 1 atom stereocenters. The van der Waals surface area contributed by atoms with Crippen LogP contribution in [0.4, 0.5) is 0 Å². The van der Waals surface area contributed by atoms with E-state index in [1.807, 2.05) is 24.3 Å². The van der Waals surface area contributed by atoms with E-state index < -0.39 is 0 Å². The summed E-state index contributed by atoms with van der Waals surface area (Å²) in [6, 6.07) is 7.60. The maximum Gasteiger partial charge on any atom is 0.234 e. The van der Waals surface area contributed by atoms with Gasteiger partial charge in [0.25, 0.3) is 0 Å². The van der Waals surface area contributed by atoms with Gasteiger partial charge in [0.05, 0.1) is 4.83 Å². The SMILES string of the molecule is CCN(CC)CCNC(=O)C(Br)Cc1ccccc1Cl. The van der Waals surface area contributed by atoms with Gasteiger partial charge in [0.15, 0.2) is 0 Å². The van der Waals surface area contributed by atoms with E-state index in [2.05, 4.69) is 40.0 Å². The highest BCUT2D eigenvalue weighted by Gasteiger charge is 2.16. The second-order valence-corrected chi connectivity index (χ2v) is 6.09. The molecule has 1 unspecified atom stereocenters. The molecule has 0 aliphatic carbocycles. The second kappa shape index (κ2) is 9.37. The molecule has 3 nitrogen and oxygen atoms in total. The molecule has 0 spiro atoms. The number of carbonyl (C=O) groups is 1. The highest BCUT2D eigenvalue weighted by atomic mass is 79.9. The summed E-state index contributed by atoms with van der Waals surface area (Å²) in [4.78, 5) is 14.0. The van der Waals surface area contributed by atoms with E-state index in [9.17, 15) is 4.79 Å². The second-order valence-electron chi connectivity index (χ2n) is 4.58. The number of alkyl halides is 1. The molecule has 1 aromatic rings. The van der Waals surface area contributed by atoms with Gasteiger partial charge < -0.3 is 10.2 Å². The Bertz CT molecular complexity index is 424. The molecule has 1 amide bonds. The standard InChI is InChI=1S/C15H22BrClN2O/c1-3-19(4-2)10-9-18-15(20)13(16)11-12-7-5-6-8-14(12)17/h5-8,13H,3-4,9-11H2,1-2H3,(H,18,20). The number of nitrogens with zero attached hydrogens (tertiary/aromatic N) is 1. The predicted octanol–water partition coefficient (Wildman–Crippen LogP) is 3.10. The third kappa shape index (κ3) is 5.81. The van der Waals surface area contributed by atoms with Crippen LogP contribution in [0, 0.1) is 0 Å². The van der Waals surface area contributed by atoms with E-state index in [0.29, 0.717) is 18.0 Å². The molecule has 112 valence electrons. The molecule has 0 aliphatic rings. The van der Waals surface area contributed by atoms with Crippen molar-refractivity contribution in [2.75, 3.05) is 26.2 Å². The molecule has 0 saturated carbocycles. The fourth-order valence-corrected chi connectivity index (χ4v) is 2.66. The third-order valence-electron chi connectivity index (χ3n) is 3.26. The van der Waals surface area contributed by atoms with Crippen molar-refractivity contribution in [1.82, 2.24) is 10.2 Å². The first-order chi connectivity index (χ1) is 9.58. The normalized spacial score (nSPS) is 12.4. The van der Waals surface area contributed by atoms with Crippen molar-refractivity contribution in [3.63, 3.8) is 0 Å². The first-order valence-electron chi connectivity index (χ1n) is 6.96. The van der Waals surface area contributed by atoms with Crippen LogP contribution < -0.4 is 5.32 Å². The molecule has 0 bridgehead atoms. The zero-order valence-corrected chi connectivity index (χ0v) is 14.4. The quantitative estimate of drug-likeness (QED) is 0.722. The Morgan fingerprint density at radius 2 is 2.00 bits per heavy atom. The van der Waals surface area contributed by atoms with Gasteiger partial charge in [-0.25, -0.2) is 0 Å². The molecule has 0 fully saturated rings. The van der Waals surface area contributed by atoms with E-state index in [-0.39, 0.29) is 10.7 Å². The lowest BCUT2D eigenvalue weighted by Gasteiger charge is -2.19. The molecular weight excluding hydrogens is 340 g/mol. The molecule has 1 aromatic carbocycles. The molecule has 0 heterocycles. The highest BCUT2D eigenvalue weighted by Crippen LogP contribution is 2.19. The van der Waals surface area contributed by atoms with Crippen molar-refractivity contribution in [2.24, 2.45) is 0 Å². The number of hydrogen-bond donors (Lipinski definition) is 1. The van der Waals surface area contributed by atoms with Crippen LogP contribution in [0.2, 0.25) is 5.02 Å². The summed E-state index contributed by atoms with van der Waals surface area (Å²) >= 11 is 9.53. The average molecular weight is 362 g/mol. The number of nitrogens with one attached hydrogen (secondary N) is 1. The van der Waals surface area contributed by atoms with E-state index in [1.165, 1.54) is 0 Å². The van der Waals surface area contributed by atoms with Crippen LogP contribution in [0.1, 0.15) is 19.4 Å². The number of carbonyl (C=O) groups excluding carboxylic acids is 1. The topological polar surface area (TPSA) is 32.3 Å². The summed E-state index contributed by atoms with van der Waals surface area (Å²) in [6.07, 6.45) is 0.594. The van der Waals surface area contributed by atoms with Gasteiger partial charge >= 0.3 is 0 Å². The van der Waals surface area contributed by atoms with Crippen LogP contribution in [-0.4, -0.2) is 41.8 Å². The Morgan fingerprint density at radius 1 is 1.35 bits per heavy atom. The zero-order chi connectivity index (χ0) is 15.0. The maximum absolute atomic E-state index is 12.0. The summed E-state index contributed by atoms with van der Waals surface area (Å²) in [5, 5.41) is 3.65. The highest BCUT2D eigenvalue weighted by molar-refractivity contribution is 9.10. The number of benzene rings is 1. The minimum atomic E-state index is -0.251. The van der Waals surface area contributed by atoms with Gasteiger partial charge in [0.2, 0.25) is 5.91 Å². The van der Waals surface area contributed by atoms with Crippen molar-refractivity contribution in [1.29, 1.82) is 0 Å². The molecule has 1 rings (SSSR count). The third-order valence-corrected chi connectivity index (χ3v) is 4.37. The van der Waals surface area contributed by atoms with Crippen LogP contribution in [0.3, 0.4) is 0 Å². The van der Waals surface area contributed by atoms with Crippen LogP contribution in [0.5, 0.6) is 0 Å². The largest absolute Gasteiger partial charge is 0.354 e. The minimum absolute atomic E-state index is 0.0112. The van der Waals surface area contributed by atoms with E-state index >= 15 is 0 Å². The Kier molecular flexibility index (Phi) is 8.19. The number of rotatable bonds is 8. The van der Waals surface area contributed by atoms with Gasteiger partial charge in [-0.2, -0.15) is 0 Å². The summed E-state index contributed by atoms with van der Waals surface area (Å²) in [6.45, 7) is 7.80. The Hall–Kier alpha value is -0.580. The van der Waals surface area contributed by atoms with Crippen molar-refractivity contribution in [2.45, 2.75) is 25.1 Å². The fourth-order valence-electron chi connectivity index (χ4n) is 1.94. The van der Waals surface area contributed by atoms with Gasteiger partial charge in [0, 0.05) is 18.1 Å². The van der Waals surface area contributed by atoms with Crippen molar-refractivity contribution >= 4 is 33.4 Å². The maximum atomic E-state index is 12.0. The monoisotopic (exact) mass is 360 g/mol. The van der Waals surface area contributed by atoms with Crippen molar-refractivity contribution < 1.29 is 4.79 Å². The van der Waals surface area contributed by atoms with E-state index in [4.69, 9.17) is 11.6 Å². The van der Waals surface area contributed by atoms with Gasteiger partial charge in [0.1, 0.15) is 0 Å². The number of halogens is 2.